The molecule has 0 saturated carbocycles. The molecule has 0 aliphatic carbocycles. The maximum Gasteiger partial charge on any atom is 0.187 e. The minimum absolute atomic E-state index is 0.0431. The highest BCUT2D eigenvalue weighted by Crippen LogP contribution is 2.27. The normalized spacial score (nSPS) is 17.2. The Hall–Kier alpha value is 0.0500. The summed E-state index contributed by atoms with van der Waals surface area (Å²) in [5.74, 6) is 0. The number of alkyl halides is 1. The van der Waals surface area contributed by atoms with Crippen LogP contribution in [0.1, 0.15) is 0 Å². The summed E-state index contributed by atoms with van der Waals surface area (Å²) < 4.78 is -0.119. The molecule has 6 nitrogen and oxygen atoms in total. The van der Waals surface area contributed by atoms with Crippen LogP contribution in [0.15, 0.2) is 0 Å². The number of nitrogens with zero attached hydrogens (tertiary/aromatic N) is 1. The standard InChI is InChI=1S/C9H21ClNO5/c1-11(2,3-7(15)4-12)9(5-13,6-14)8(10)16/h7-8,12-16H,3-6H2,1-2H3/q+1. The van der Waals surface area contributed by atoms with Crippen LogP contribution in [0.3, 0.4) is 0 Å². The van der Waals surface area contributed by atoms with Crippen LogP contribution in [0.25, 0.3) is 0 Å². The van der Waals surface area contributed by atoms with E-state index in [2.05, 4.69) is 0 Å². The van der Waals surface area contributed by atoms with E-state index in [0.29, 0.717) is 0 Å². The maximum absolute atomic E-state index is 9.47. The summed E-state index contributed by atoms with van der Waals surface area (Å²) in [5.41, 5.74) is -2.86. The number of aliphatic hydroxyl groups is 5. The van der Waals surface area contributed by atoms with Crippen molar-refractivity contribution in [1.82, 2.24) is 0 Å². The molecular weight excluding hydrogens is 238 g/mol. The minimum atomic E-state index is -1.47. The molecule has 0 aliphatic heterocycles. The first-order chi connectivity index (χ1) is 7.27. The van der Waals surface area contributed by atoms with Crippen molar-refractivity contribution in [1.29, 1.82) is 0 Å². The zero-order valence-electron chi connectivity index (χ0n) is 9.54. The van der Waals surface area contributed by atoms with E-state index >= 15 is 0 Å². The number of quaternary nitrogens is 1. The fourth-order valence-electron chi connectivity index (χ4n) is 1.64. The summed E-state index contributed by atoms with van der Waals surface area (Å²) >= 11 is 5.59. The summed E-state index contributed by atoms with van der Waals surface area (Å²) in [6.07, 6.45) is -1.01. The van der Waals surface area contributed by atoms with Crippen LogP contribution in [0.4, 0.5) is 0 Å². The minimum Gasteiger partial charge on any atom is -0.393 e. The van der Waals surface area contributed by atoms with Crippen molar-refractivity contribution in [2.75, 3.05) is 40.5 Å². The maximum atomic E-state index is 9.47. The van der Waals surface area contributed by atoms with Crippen LogP contribution in [0, 0.1) is 0 Å². The average molecular weight is 259 g/mol. The zero-order chi connectivity index (χ0) is 13.0. The summed E-state index contributed by atoms with van der Waals surface area (Å²) in [6.45, 7) is -1.48. The van der Waals surface area contributed by atoms with Gasteiger partial charge in [0.1, 0.15) is 25.9 Å². The van der Waals surface area contributed by atoms with E-state index in [1.54, 1.807) is 14.1 Å². The van der Waals surface area contributed by atoms with Crippen molar-refractivity contribution in [2.24, 2.45) is 0 Å². The Balaban J connectivity index is 5.02. The Kier molecular flexibility index (Phi) is 6.13. The van der Waals surface area contributed by atoms with Crippen LogP contribution in [0.5, 0.6) is 0 Å². The van der Waals surface area contributed by atoms with Gasteiger partial charge in [-0.25, -0.2) is 0 Å². The second-order valence-corrected chi connectivity index (χ2v) is 4.87. The molecule has 0 aliphatic rings. The van der Waals surface area contributed by atoms with E-state index < -0.39 is 37.0 Å². The molecule has 2 atom stereocenters. The van der Waals surface area contributed by atoms with Gasteiger partial charge in [-0.1, -0.05) is 11.6 Å². The van der Waals surface area contributed by atoms with E-state index in [1.807, 2.05) is 0 Å². The molecule has 0 bridgehead atoms. The number of aliphatic hydroxyl groups excluding tert-OH is 5. The van der Waals surface area contributed by atoms with Crippen LogP contribution < -0.4 is 0 Å². The Labute approximate surface area is 99.9 Å². The molecule has 0 heterocycles. The molecule has 2 unspecified atom stereocenters. The third-order valence-electron chi connectivity index (χ3n) is 3.07. The Bertz CT molecular complexity index is 208. The molecule has 0 radical (unpaired) electrons. The molecule has 5 N–H and O–H groups in total. The number of hydrogen-bond acceptors (Lipinski definition) is 5. The van der Waals surface area contributed by atoms with Crippen molar-refractivity contribution in [3.05, 3.63) is 0 Å². The van der Waals surface area contributed by atoms with Crippen molar-refractivity contribution in [2.45, 2.75) is 17.2 Å². The van der Waals surface area contributed by atoms with Crippen LogP contribution in [0.2, 0.25) is 0 Å². The van der Waals surface area contributed by atoms with Crippen LogP contribution in [-0.2, 0) is 0 Å². The lowest BCUT2D eigenvalue weighted by molar-refractivity contribution is -0.948. The Morgan fingerprint density at radius 2 is 1.56 bits per heavy atom. The van der Waals surface area contributed by atoms with Crippen LogP contribution in [-0.4, -0.2) is 87.7 Å². The number of likely N-dealkylation sites (N-methyl/N-ethyl adjacent to an activating group) is 1. The lowest BCUT2D eigenvalue weighted by Crippen LogP contribution is -2.70. The van der Waals surface area contributed by atoms with Crippen molar-refractivity contribution >= 4 is 11.6 Å². The van der Waals surface area contributed by atoms with Gasteiger partial charge in [0.15, 0.2) is 11.1 Å². The molecule has 0 aromatic carbocycles. The van der Waals surface area contributed by atoms with Gasteiger partial charge in [-0.05, 0) is 0 Å². The van der Waals surface area contributed by atoms with Gasteiger partial charge >= 0.3 is 0 Å². The first kappa shape index (κ1) is 16.1. The van der Waals surface area contributed by atoms with Gasteiger partial charge in [0, 0.05) is 0 Å². The van der Waals surface area contributed by atoms with Gasteiger partial charge in [0.25, 0.3) is 0 Å². The molecule has 0 spiro atoms. The molecule has 98 valence electrons. The molecule has 0 rings (SSSR count). The second kappa shape index (κ2) is 6.11. The predicted molar refractivity (Wildman–Crippen MR) is 58.8 cm³/mol. The second-order valence-electron chi connectivity index (χ2n) is 4.46. The number of rotatable bonds is 7. The summed E-state index contributed by atoms with van der Waals surface area (Å²) in [4.78, 5) is 0. The fourth-order valence-corrected chi connectivity index (χ4v) is 2.04. The predicted octanol–water partition coefficient (Wildman–Crippen LogP) is -2.30. The lowest BCUT2D eigenvalue weighted by atomic mass is 9.97. The third-order valence-corrected chi connectivity index (χ3v) is 3.48. The highest BCUT2D eigenvalue weighted by atomic mass is 35.5. The summed E-state index contributed by atoms with van der Waals surface area (Å²) in [5, 5.41) is 46.2. The van der Waals surface area contributed by atoms with Gasteiger partial charge in [-0.15, -0.1) is 0 Å². The van der Waals surface area contributed by atoms with Crippen molar-refractivity contribution < 1.29 is 30.0 Å². The fraction of sp³-hybridized carbons (Fsp3) is 1.00. The first-order valence-corrected chi connectivity index (χ1v) is 5.37. The Morgan fingerprint density at radius 1 is 1.12 bits per heavy atom. The SMILES string of the molecule is C[N+](C)(CC(O)CO)C(CO)(CO)C(O)Cl. The van der Waals surface area contributed by atoms with E-state index in [4.69, 9.17) is 16.7 Å². The highest BCUT2D eigenvalue weighted by Gasteiger charge is 2.51. The van der Waals surface area contributed by atoms with E-state index in [9.17, 15) is 20.4 Å². The summed E-state index contributed by atoms with van der Waals surface area (Å²) in [6, 6.07) is 0. The first-order valence-electron chi connectivity index (χ1n) is 4.93. The molecule has 0 saturated heterocycles. The molecular formula is C9H21ClNO5+. The largest absolute Gasteiger partial charge is 0.393 e. The monoisotopic (exact) mass is 258 g/mol. The van der Waals surface area contributed by atoms with Gasteiger partial charge in [-0.2, -0.15) is 0 Å². The average Bonchev–Trinajstić information content (AvgIpc) is 2.18. The smallest absolute Gasteiger partial charge is 0.187 e. The zero-order valence-corrected chi connectivity index (χ0v) is 10.3. The Morgan fingerprint density at radius 3 is 1.81 bits per heavy atom. The molecule has 0 fully saturated rings. The van der Waals surface area contributed by atoms with Crippen molar-refractivity contribution in [3.8, 4) is 0 Å². The van der Waals surface area contributed by atoms with Crippen LogP contribution >= 0.6 is 11.6 Å². The van der Waals surface area contributed by atoms with Gasteiger partial charge in [0.05, 0.1) is 20.7 Å². The molecule has 0 aromatic rings. The quantitative estimate of drug-likeness (QED) is 0.261. The lowest BCUT2D eigenvalue weighted by Gasteiger charge is -2.48. The molecule has 0 amide bonds. The number of hydrogen-bond donors (Lipinski definition) is 5. The molecule has 0 aromatic heterocycles. The van der Waals surface area contributed by atoms with E-state index in [-0.39, 0.29) is 11.0 Å². The van der Waals surface area contributed by atoms with E-state index in [0.717, 1.165) is 0 Å². The highest BCUT2D eigenvalue weighted by molar-refractivity contribution is 6.20. The topological polar surface area (TPSA) is 101 Å². The van der Waals surface area contributed by atoms with Crippen molar-refractivity contribution in [3.63, 3.8) is 0 Å². The molecule has 16 heavy (non-hydrogen) atoms. The number of halogens is 1. The molecule has 7 heteroatoms. The van der Waals surface area contributed by atoms with Gasteiger partial charge < -0.3 is 30.0 Å². The third kappa shape index (κ3) is 3.04. The van der Waals surface area contributed by atoms with Gasteiger partial charge in [0.2, 0.25) is 0 Å². The van der Waals surface area contributed by atoms with E-state index in [1.165, 1.54) is 0 Å². The van der Waals surface area contributed by atoms with Gasteiger partial charge in [-0.3, -0.25) is 0 Å². The summed E-state index contributed by atoms with van der Waals surface area (Å²) in [7, 11) is 3.19.